The number of piperazine rings is 1. The van der Waals surface area contributed by atoms with Gasteiger partial charge in [-0.1, -0.05) is 12.1 Å². The van der Waals surface area contributed by atoms with Crippen molar-refractivity contribution in [1.82, 2.24) is 15.1 Å². The predicted octanol–water partition coefficient (Wildman–Crippen LogP) is 1.81. The molecule has 1 unspecified atom stereocenters. The molecule has 2 aliphatic rings. The Balaban J connectivity index is 1.68. The zero-order valence-electron chi connectivity index (χ0n) is 17.0. The lowest BCUT2D eigenvalue weighted by Gasteiger charge is -2.42. The molecule has 6 nitrogen and oxygen atoms in total. The monoisotopic (exact) mass is 427 g/mol. The fourth-order valence-corrected chi connectivity index (χ4v) is 4.24. The highest BCUT2D eigenvalue weighted by Crippen LogP contribution is 2.29. The zero-order valence-corrected chi connectivity index (χ0v) is 17.0. The number of carbonyl (C=O) groups is 2. The van der Waals surface area contributed by atoms with Gasteiger partial charge in [-0.15, -0.1) is 0 Å². The van der Waals surface area contributed by atoms with Crippen LogP contribution in [0.3, 0.4) is 0 Å². The van der Waals surface area contributed by atoms with Crippen LogP contribution in [-0.2, 0) is 22.2 Å². The number of benzene rings is 1. The standard InChI is InChI=1S/C21H28F3N3O3/c1-14(28)26-9-10-27(17(13-26)12-19(29)18-3-2-8-25-18)20(30)11-15-4-6-16(7-5-15)21(22,23)24/h4-7,17-19,25,29H,2-3,8-13H2,1H3/t17-,18-,19?/m0/s1. The lowest BCUT2D eigenvalue weighted by atomic mass is 9.97. The highest BCUT2D eigenvalue weighted by molar-refractivity contribution is 5.80. The first-order valence-electron chi connectivity index (χ1n) is 10.3. The molecular formula is C21H28F3N3O3. The van der Waals surface area contributed by atoms with Crippen molar-refractivity contribution < 1.29 is 27.9 Å². The van der Waals surface area contributed by atoms with Crippen LogP contribution in [0.15, 0.2) is 24.3 Å². The van der Waals surface area contributed by atoms with Gasteiger partial charge in [-0.2, -0.15) is 13.2 Å². The minimum Gasteiger partial charge on any atom is -0.391 e. The number of rotatable bonds is 5. The van der Waals surface area contributed by atoms with Gasteiger partial charge in [-0.05, 0) is 43.5 Å². The first-order chi connectivity index (χ1) is 14.1. The van der Waals surface area contributed by atoms with Gasteiger partial charge in [0.05, 0.1) is 24.1 Å². The third-order valence-electron chi connectivity index (χ3n) is 5.96. The number of aliphatic hydroxyl groups is 1. The van der Waals surface area contributed by atoms with Crippen LogP contribution in [0, 0.1) is 0 Å². The van der Waals surface area contributed by atoms with E-state index in [1.54, 1.807) is 9.80 Å². The van der Waals surface area contributed by atoms with Crippen molar-refractivity contribution in [2.24, 2.45) is 0 Å². The van der Waals surface area contributed by atoms with Crippen molar-refractivity contribution in [2.75, 3.05) is 26.2 Å². The van der Waals surface area contributed by atoms with E-state index in [4.69, 9.17) is 0 Å². The van der Waals surface area contributed by atoms with Gasteiger partial charge in [-0.3, -0.25) is 9.59 Å². The lowest BCUT2D eigenvalue weighted by molar-refractivity contribution is -0.142. The molecule has 0 saturated carbocycles. The summed E-state index contributed by atoms with van der Waals surface area (Å²) in [6.07, 6.45) is -2.87. The molecule has 2 aliphatic heterocycles. The van der Waals surface area contributed by atoms with E-state index in [9.17, 15) is 27.9 Å². The van der Waals surface area contributed by atoms with E-state index >= 15 is 0 Å². The highest BCUT2D eigenvalue weighted by Gasteiger charge is 2.35. The molecule has 2 N–H and O–H groups in total. The van der Waals surface area contributed by atoms with Crippen molar-refractivity contribution in [1.29, 1.82) is 0 Å². The van der Waals surface area contributed by atoms with E-state index in [-0.39, 0.29) is 30.3 Å². The number of alkyl halides is 3. The van der Waals surface area contributed by atoms with E-state index in [1.807, 2.05) is 0 Å². The van der Waals surface area contributed by atoms with E-state index in [0.29, 0.717) is 31.6 Å². The van der Waals surface area contributed by atoms with Crippen LogP contribution in [0.4, 0.5) is 13.2 Å². The molecule has 0 spiro atoms. The molecule has 30 heavy (non-hydrogen) atoms. The summed E-state index contributed by atoms with van der Waals surface area (Å²) < 4.78 is 38.2. The third-order valence-corrected chi connectivity index (χ3v) is 5.96. The topological polar surface area (TPSA) is 72.9 Å². The van der Waals surface area contributed by atoms with Gasteiger partial charge in [0.2, 0.25) is 11.8 Å². The fraction of sp³-hybridized carbons (Fsp3) is 0.619. The van der Waals surface area contributed by atoms with Gasteiger partial charge in [-0.25, -0.2) is 0 Å². The van der Waals surface area contributed by atoms with Crippen LogP contribution in [0.1, 0.15) is 37.3 Å². The van der Waals surface area contributed by atoms with Crippen LogP contribution in [0.2, 0.25) is 0 Å². The molecular weight excluding hydrogens is 399 g/mol. The Kier molecular flexibility index (Phi) is 7.02. The molecule has 0 aromatic heterocycles. The number of hydrogen-bond donors (Lipinski definition) is 2. The molecule has 2 heterocycles. The highest BCUT2D eigenvalue weighted by atomic mass is 19.4. The molecule has 2 fully saturated rings. The van der Waals surface area contributed by atoms with Crippen molar-refractivity contribution >= 4 is 11.8 Å². The van der Waals surface area contributed by atoms with Crippen LogP contribution >= 0.6 is 0 Å². The number of aliphatic hydroxyl groups excluding tert-OH is 1. The zero-order chi connectivity index (χ0) is 21.9. The third kappa shape index (κ3) is 5.51. The largest absolute Gasteiger partial charge is 0.416 e. The summed E-state index contributed by atoms with van der Waals surface area (Å²) in [4.78, 5) is 28.1. The first kappa shape index (κ1) is 22.6. The Bertz CT molecular complexity index is 748. The molecule has 1 aromatic carbocycles. The molecule has 0 bridgehead atoms. The van der Waals surface area contributed by atoms with Crippen molar-refractivity contribution in [3.63, 3.8) is 0 Å². The number of carbonyl (C=O) groups excluding carboxylic acids is 2. The van der Waals surface area contributed by atoms with Gasteiger partial charge >= 0.3 is 6.18 Å². The molecule has 1 aromatic rings. The van der Waals surface area contributed by atoms with E-state index in [1.165, 1.54) is 19.1 Å². The van der Waals surface area contributed by atoms with Gasteiger partial charge in [0.15, 0.2) is 0 Å². The number of nitrogens with zero attached hydrogens (tertiary/aromatic N) is 2. The summed E-state index contributed by atoms with van der Waals surface area (Å²) >= 11 is 0. The number of hydrogen-bond acceptors (Lipinski definition) is 4. The smallest absolute Gasteiger partial charge is 0.391 e. The van der Waals surface area contributed by atoms with Crippen LogP contribution < -0.4 is 5.32 Å². The molecule has 0 aliphatic carbocycles. The van der Waals surface area contributed by atoms with Crippen molar-refractivity contribution in [3.05, 3.63) is 35.4 Å². The molecule has 9 heteroatoms. The van der Waals surface area contributed by atoms with Crippen LogP contribution in [0.5, 0.6) is 0 Å². The number of halogens is 3. The van der Waals surface area contributed by atoms with Gasteiger partial charge in [0.25, 0.3) is 0 Å². The van der Waals surface area contributed by atoms with Crippen LogP contribution in [0.25, 0.3) is 0 Å². The number of amides is 2. The molecule has 166 valence electrons. The average molecular weight is 427 g/mol. The second-order valence-corrected chi connectivity index (χ2v) is 8.08. The summed E-state index contributed by atoms with van der Waals surface area (Å²) in [5.74, 6) is -0.294. The van der Waals surface area contributed by atoms with E-state index in [0.717, 1.165) is 31.5 Å². The summed E-state index contributed by atoms with van der Waals surface area (Å²) in [6.45, 7) is 3.42. The Morgan fingerprint density at radius 1 is 1.23 bits per heavy atom. The van der Waals surface area contributed by atoms with E-state index in [2.05, 4.69) is 5.32 Å². The SMILES string of the molecule is CC(=O)N1CCN(C(=O)Cc2ccc(C(F)(F)F)cc2)[C@@H](CC(O)[C@@H]2CCCN2)C1. The maximum Gasteiger partial charge on any atom is 0.416 e. The first-order valence-corrected chi connectivity index (χ1v) is 10.3. The summed E-state index contributed by atoms with van der Waals surface area (Å²) in [5.41, 5.74) is -0.252. The quantitative estimate of drug-likeness (QED) is 0.752. The predicted molar refractivity (Wildman–Crippen MR) is 105 cm³/mol. The average Bonchev–Trinajstić information content (AvgIpc) is 3.22. The Morgan fingerprint density at radius 3 is 2.50 bits per heavy atom. The van der Waals surface area contributed by atoms with E-state index < -0.39 is 17.8 Å². The Hall–Kier alpha value is -2.13. The molecule has 3 atom stereocenters. The summed E-state index contributed by atoms with van der Waals surface area (Å²) in [6, 6.07) is 4.23. The fourth-order valence-electron chi connectivity index (χ4n) is 4.24. The van der Waals surface area contributed by atoms with Gasteiger partial charge in [0.1, 0.15) is 0 Å². The lowest BCUT2D eigenvalue weighted by Crippen LogP contribution is -2.58. The number of nitrogens with one attached hydrogen (secondary N) is 1. The Morgan fingerprint density at radius 2 is 1.93 bits per heavy atom. The minimum absolute atomic E-state index is 0.0213. The summed E-state index contributed by atoms with van der Waals surface area (Å²) in [7, 11) is 0. The second kappa shape index (κ2) is 9.34. The second-order valence-electron chi connectivity index (χ2n) is 8.08. The summed E-state index contributed by atoms with van der Waals surface area (Å²) in [5, 5.41) is 13.9. The van der Waals surface area contributed by atoms with Gasteiger partial charge < -0.3 is 20.2 Å². The Labute approximate surface area is 174 Å². The van der Waals surface area contributed by atoms with Crippen molar-refractivity contribution in [2.45, 2.75) is 57.0 Å². The van der Waals surface area contributed by atoms with Crippen molar-refractivity contribution in [3.8, 4) is 0 Å². The molecule has 2 saturated heterocycles. The molecule has 3 rings (SSSR count). The van der Waals surface area contributed by atoms with Gasteiger partial charge in [0, 0.05) is 32.6 Å². The normalized spacial score (nSPS) is 23.5. The maximum absolute atomic E-state index is 12.9. The molecule has 2 amide bonds. The van der Waals surface area contributed by atoms with Crippen LogP contribution in [-0.4, -0.2) is 71.1 Å². The minimum atomic E-state index is -4.42. The molecule has 0 radical (unpaired) electrons. The maximum atomic E-state index is 12.9.